The third kappa shape index (κ3) is 17.2. The SMILES string of the molecule is C=CCOC(=O)C[C@H](NC(=O)CNC(=O)[C@H](COP(=O)(OCC=C)OC[C@H]1O[C@@H](n2ccc(NC(=O)Cc3ccccc3)nc2=O)C[C@@H]1OC(C)=O)NC(=O)OCC=C)C(=O)O. The fourth-order valence-corrected chi connectivity index (χ4v) is 6.40. The van der Waals surface area contributed by atoms with Gasteiger partial charge in [-0.2, -0.15) is 4.98 Å². The predicted molar refractivity (Wildman–Crippen MR) is 214 cm³/mol. The van der Waals surface area contributed by atoms with Gasteiger partial charge in [0.05, 0.1) is 39.2 Å². The van der Waals surface area contributed by atoms with Crippen LogP contribution in [0.1, 0.15) is 31.6 Å². The first-order chi connectivity index (χ1) is 29.6. The third-order valence-electron chi connectivity index (χ3n) is 7.99. The number of alkyl carbamates (subject to hydrolysis) is 1. The van der Waals surface area contributed by atoms with Crippen LogP contribution in [0.3, 0.4) is 0 Å². The predicted octanol–water partition coefficient (Wildman–Crippen LogP) is 1.07. The molecule has 1 unspecified atom stereocenters. The van der Waals surface area contributed by atoms with Crippen molar-refractivity contribution >= 4 is 55.4 Å². The molecular weight excluding hydrogens is 843 g/mol. The summed E-state index contributed by atoms with van der Waals surface area (Å²) in [5.74, 6) is -5.88. The molecule has 1 aromatic heterocycles. The molecule has 6 atom stereocenters. The van der Waals surface area contributed by atoms with Gasteiger partial charge in [0, 0.05) is 19.5 Å². The van der Waals surface area contributed by atoms with E-state index in [9.17, 15) is 48.0 Å². The standard InChI is InChI=1S/C38H47N6O17P/c1-5-15-55-34(48)19-26(36(50)51)40-32(47)21-39-35(49)27(41-38(53)56-16-6-2)22-58-62(54,57-17-7-3)59-23-29-28(60-24(4)45)20-33(61-29)44-14-13-30(43-37(44)52)42-31(46)18-25-11-9-8-10-12-25/h5-14,26-29,33H,1-3,15-23H2,4H3,(H,39,49)(H,40,47)(H,41,53)(H,50,51)(H,42,43,46,52)/t26-,27-,28-,29+,33+,62?/m0/s1. The molecule has 4 amide bonds. The summed E-state index contributed by atoms with van der Waals surface area (Å²) in [6.07, 6.45) is -0.389. The summed E-state index contributed by atoms with van der Waals surface area (Å²) < 4.78 is 52.1. The van der Waals surface area contributed by atoms with Crippen molar-refractivity contribution in [2.24, 2.45) is 0 Å². The van der Waals surface area contributed by atoms with Crippen molar-refractivity contribution in [1.29, 1.82) is 0 Å². The smallest absolute Gasteiger partial charge is 0.475 e. The average Bonchev–Trinajstić information content (AvgIpc) is 3.62. The summed E-state index contributed by atoms with van der Waals surface area (Å²) in [5, 5.41) is 18.3. The van der Waals surface area contributed by atoms with Crippen LogP contribution in [0.5, 0.6) is 0 Å². The number of phosphoric acid groups is 1. The van der Waals surface area contributed by atoms with Gasteiger partial charge in [-0.3, -0.25) is 42.1 Å². The number of phosphoric ester groups is 1. The maximum Gasteiger partial charge on any atom is 0.475 e. The van der Waals surface area contributed by atoms with Crippen LogP contribution >= 0.6 is 7.82 Å². The minimum Gasteiger partial charge on any atom is -0.480 e. The second-order valence-corrected chi connectivity index (χ2v) is 14.5. The third-order valence-corrected chi connectivity index (χ3v) is 9.39. The number of rotatable bonds is 26. The van der Waals surface area contributed by atoms with Crippen LogP contribution in [0.25, 0.3) is 0 Å². The van der Waals surface area contributed by atoms with Gasteiger partial charge in [-0.15, -0.1) is 6.58 Å². The first-order valence-electron chi connectivity index (χ1n) is 18.6. The Morgan fingerprint density at radius 2 is 1.63 bits per heavy atom. The molecule has 0 spiro atoms. The molecule has 0 aliphatic carbocycles. The average molecular weight is 891 g/mol. The number of benzene rings is 1. The van der Waals surface area contributed by atoms with Gasteiger partial charge in [0.2, 0.25) is 17.7 Å². The van der Waals surface area contributed by atoms with Crippen molar-refractivity contribution in [3.8, 4) is 0 Å². The number of hydrogen-bond donors (Lipinski definition) is 5. The Labute approximate surface area is 354 Å². The van der Waals surface area contributed by atoms with Crippen molar-refractivity contribution < 1.29 is 75.8 Å². The summed E-state index contributed by atoms with van der Waals surface area (Å²) in [5.41, 5.74) is -0.0849. The molecule has 0 saturated carbocycles. The highest BCUT2D eigenvalue weighted by Gasteiger charge is 2.42. The second-order valence-electron chi connectivity index (χ2n) is 12.8. The lowest BCUT2D eigenvalue weighted by Gasteiger charge is -2.24. The summed E-state index contributed by atoms with van der Waals surface area (Å²) in [6, 6.07) is 6.76. The first-order valence-corrected chi connectivity index (χ1v) is 20.0. The number of hydrogen-bond acceptors (Lipinski definition) is 17. The number of nitrogens with one attached hydrogen (secondary N) is 4. The van der Waals surface area contributed by atoms with Crippen LogP contribution in [-0.2, 0) is 72.3 Å². The summed E-state index contributed by atoms with van der Waals surface area (Å²) >= 11 is 0. The molecule has 1 aliphatic heterocycles. The minimum atomic E-state index is -4.74. The van der Waals surface area contributed by atoms with E-state index < -0.39 is 119 Å². The van der Waals surface area contributed by atoms with E-state index in [1.807, 2.05) is 5.32 Å². The molecule has 2 heterocycles. The zero-order valence-corrected chi connectivity index (χ0v) is 34.4. The number of carboxylic acid groups (broad SMARTS) is 1. The number of anilines is 1. The highest BCUT2D eigenvalue weighted by Crippen LogP contribution is 2.50. The van der Waals surface area contributed by atoms with Gasteiger partial charge in [0.1, 0.15) is 49.6 Å². The van der Waals surface area contributed by atoms with E-state index in [4.69, 9.17) is 32.5 Å². The zero-order chi connectivity index (χ0) is 45.7. The van der Waals surface area contributed by atoms with Crippen LogP contribution in [0.15, 0.2) is 85.4 Å². The summed E-state index contributed by atoms with van der Waals surface area (Å²) in [6.45, 7) is 7.99. The normalized spacial score (nSPS) is 17.4. The van der Waals surface area contributed by atoms with Crippen LogP contribution in [-0.4, -0.2) is 120 Å². The van der Waals surface area contributed by atoms with Crippen molar-refractivity contribution in [3.05, 3.63) is 96.6 Å². The first kappa shape index (κ1) is 49.8. The van der Waals surface area contributed by atoms with Crippen LogP contribution in [0.2, 0.25) is 0 Å². The molecule has 3 rings (SSSR count). The summed E-state index contributed by atoms with van der Waals surface area (Å²) in [7, 11) is -4.74. The molecule has 5 N–H and O–H groups in total. The molecule has 62 heavy (non-hydrogen) atoms. The van der Waals surface area contributed by atoms with Gasteiger partial charge in [0.15, 0.2) is 0 Å². The second kappa shape index (κ2) is 25.3. The molecular formula is C38H47N6O17P. The molecule has 1 aliphatic rings. The Bertz CT molecular complexity index is 2050. The van der Waals surface area contributed by atoms with Gasteiger partial charge >= 0.3 is 37.5 Å². The number of aliphatic carboxylic acids is 1. The quantitative estimate of drug-likeness (QED) is 0.0382. The highest BCUT2D eigenvalue weighted by molar-refractivity contribution is 7.48. The number of ether oxygens (including phenoxy) is 4. The van der Waals surface area contributed by atoms with Crippen molar-refractivity contribution in [2.75, 3.05) is 44.9 Å². The molecule has 1 fully saturated rings. The number of nitrogens with zero attached hydrogens (tertiary/aromatic N) is 2. The highest BCUT2D eigenvalue weighted by atomic mass is 31.2. The largest absolute Gasteiger partial charge is 0.480 e. The molecule has 23 nitrogen and oxygen atoms in total. The molecule has 1 aromatic carbocycles. The number of esters is 2. The zero-order valence-electron chi connectivity index (χ0n) is 33.5. The van der Waals surface area contributed by atoms with Crippen LogP contribution in [0.4, 0.5) is 10.6 Å². The lowest BCUT2D eigenvalue weighted by Crippen LogP contribution is -2.52. The van der Waals surface area contributed by atoms with Crippen molar-refractivity contribution in [3.63, 3.8) is 0 Å². The lowest BCUT2D eigenvalue weighted by molar-refractivity contribution is -0.150. The van der Waals surface area contributed by atoms with Crippen molar-refractivity contribution in [2.45, 2.75) is 56.7 Å². The van der Waals surface area contributed by atoms with Gasteiger partial charge < -0.3 is 45.3 Å². The number of carbonyl (C=O) groups is 7. The number of aromatic nitrogens is 2. The van der Waals surface area contributed by atoms with E-state index in [0.717, 1.165) is 17.1 Å². The van der Waals surface area contributed by atoms with Crippen LogP contribution < -0.4 is 27.0 Å². The van der Waals surface area contributed by atoms with Gasteiger partial charge in [-0.05, 0) is 11.6 Å². The Kier molecular flexibility index (Phi) is 20.3. The van der Waals surface area contributed by atoms with E-state index in [2.05, 4.69) is 40.7 Å². The van der Waals surface area contributed by atoms with Crippen LogP contribution in [0, 0.1) is 0 Å². The summed E-state index contributed by atoms with van der Waals surface area (Å²) in [4.78, 5) is 103. The van der Waals surface area contributed by atoms with Gasteiger partial charge in [-0.25, -0.2) is 18.9 Å². The van der Waals surface area contributed by atoms with E-state index in [1.165, 1.54) is 30.5 Å². The van der Waals surface area contributed by atoms with E-state index in [0.29, 0.717) is 0 Å². The minimum absolute atomic E-state index is 0.0247. The fourth-order valence-electron chi connectivity index (χ4n) is 5.23. The Morgan fingerprint density at radius 1 is 0.935 bits per heavy atom. The van der Waals surface area contributed by atoms with E-state index in [-0.39, 0.29) is 31.9 Å². The Balaban J connectivity index is 1.71. The molecule has 0 bridgehead atoms. The maximum atomic E-state index is 13.9. The maximum absolute atomic E-state index is 13.9. The van der Waals surface area contributed by atoms with E-state index >= 15 is 0 Å². The molecule has 2 aromatic rings. The Hall–Kier alpha value is -6.52. The topological polar surface area (TPSA) is 304 Å². The molecule has 1 saturated heterocycles. The monoisotopic (exact) mass is 890 g/mol. The fraction of sp³-hybridized carbons (Fsp3) is 0.395. The molecule has 336 valence electrons. The molecule has 0 radical (unpaired) electrons. The van der Waals surface area contributed by atoms with Gasteiger partial charge in [0.25, 0.3) is 0 Å². The number of carbonyl (C=O) groups excluding carboxylic acids is 6. The van der Waals surface area contributed by atoms with E-state index in [1.54, 1.807) is 30.3 Å². The number of amides is 4. The van der Waals surface area contributed by atoms with Gasteiger partial charge in [-0.1, -0.05) is 61.7 Å². The van der Waals surface area contributed by atoms with Crippen molar-refractivity contribution in [1.82, 2.24) is 25.5 Å². The number of carboxylic acids is 1. The Morgan fingerprint density at radius 3 is 2.27 bits per heavy atom. The lowest BCUT2D eigenvalue weighted by atomic mass is 10.1. The molecule has 24 heteroatoms.